The number of pyridine rings is 1. The average molecular weight is 282 g/mol. The quantitative estimate of drug-likeness (QED) is 0.651. The van der Waals surface area contributed by atoms with Gasteiger partial charge in [0.15, 0.2) is 5.78 Å². The first-order valence-corrected chi connectivity index (χ1v) is 6.68. The van der Waals surface area contributed by atoms with Gasteiger partial charge in [-0.1, -0.05) is 35.9 Å². The Morgan fingerprint density at radius 3 is 2.75 bits per heavy atom. The number of carbonyl (C=O) groups is 1. The topological polar surface area (TPSA) is 30.0 Å². The Kier molecular flexibility index (Phi) is 3.25. The van der Waals surface area contributed by atoms with E-state index >= 15 is 0 Å². The Balaban J connectivity index is 2.18. The maximum atomic E-state index is 12.7. The van der Waals surface area contributed by atoms with Gasteiger partial charge in [-0.05, 0) is 36.1 Å². The molecule has 0 aliphatic heterocycles. The fourth-order valence-corrected chi connectivity index (χ4v) is 2.58. The fraction of sp³-hybridized carbons (Fsp3) is 0.0588. The van der Waals surface area contributed by atoms with E-state index in [0.717, 1.165) is 16.3 Å². The summed E-state index contributed by atoms with van der Waals surface area (Å²) in [7, 11) is 0. The van der Waals surface area contributed by atoms with Crippen LogP contribution in [0, 0.1) is 6.92 Å². The van der Waals surface area contributed by atoms with Crippen LogP contribution in [0.5, 0.6) is 0 Å². The molecule has 0 N–H and O–H groups in total. The van der Waals surface area contributed by atoms with Crippen LogP contribution < -0.4 is 0 Å². The molecule has 0 atom stereocenters. The Morgan fingerprint density at radius 1 is 1.10 bits per heavy atom. The van der Waals surface area contributed by atoms with Crippen molar-refractivity contribution in [1.29, 1.82) is 0 Å². The highest BCUT2D eigenvalue weighted by atomic mass is 35.5. The lowest BCUT2D eigenvalue weighted by Crippen LogP contribution is -2.03. The van der Waals surface area contributed by atoms with E-state index in [2.05, 4.69) is 4.98 Å². The Morgan fingerprint density at radius 2 is 1.95 bits per heavy atom. The molecule has 1 heterocycles. The van der Waals surface area contributed by atoms with E-state index in [4.69, 9.17) is 11.6 Å². The number of ketones is 1. The van der Waals surface area contributed by atoms with Crippen LogP contribution in [0.1, 0.15) is 21.5 Å². The number of nitrogens with zero attached hydrogens (tertiary/aromatic N) is 1. The first-order valence-electron chi connectivity index (χ1n) is 6.30. The molecule has 0 fully saturated rings. The molecule has 0 radical (unpaired) electrons. The maximum Gasteiger partial charge on any atom is 0.195 e. The summed E-state index contributed by atoms with van der Waals surface area (Å²) in [5, 5.41) is 2.32. The lowest BCUT2D eigenvalue weighted by molar-refractivity contribution is 0.104. The van der Waals surface area contributed by atoms with Crippen molar-refractivity contribution in [1.82, 2.24) is 4.98 Å². The van der Waals surface area contributed by atoms with Gasteiger partial charge < -0.3 is 0 Å². The molecule has 3 heteroatoms. The minimum absolute atomic E-state index is 0.0754. The largest absolute Gasteiger partial charge is 0.289 e. The number of aromatic nitrogens is 1. The van der Waals surface area contributed by atoms with Gasteiger partial charge in [-0.25, -0.2) is 0 Å². The average Bonchev–Trinajstić information content (AvgIpc) is 2.46. The van der Waals surface area contributed by atoms with Gasteiger partial charge in [0.25, 0.3) is 0 Å². The zero-order valence-electron chi connectivity index (χ0n) is 10.9. The molecule has 2 aromatic carbocycles. The van der Waals surface area contributed by atoms with E-state index in [9.17, 15) is 4.79 Å². The molecule has 0 saturated carbocycles. The van der Waals surface area contributed by atoms with Crippen LogP contribution in [-0.4, -0.2) is 10.8 Å². The molecule has 0 unspecified atom stereocenters. The summed E-state index contributed by atoms with van der Waals surface area (Å²) in [5.41, 5.74) is 2.18. The van der Waals surface area contributed by atoms with E-state index in [-0.39, 0.29) is 5.78 Å². The Bertz CT molecular complexity index is 806. The standard InChI is InChI=1S/C17H12ClNO/c1-11-5-6-14(16(18)9-11)17(20)13-4-2-3-12-7-8-19-10-15(12)13/h2-10H,1H3. The van der Waals surface area contributed by atoms with Crippen molar-refractivity contribution in [3.63, 3.8) is 0 Å². The van der Waals surface area contributed by atoms with Crippen LogP contribution in [0.3, 0.4) is 0 Å². The van der Waals surface area contributed by atoms with Gasteiger partial charge in [-0.2, -0.15) is 0 Å². The smallest absolute Gasteiger partial charge is 0.195 e. The van der Waals surface area contributed by atoms with Gasteiger partial charge in [-0.3, -0.25) is 9.78 Å². The lowest BCUT2D eigenvalue weighted by atomic mass is 9.98. The van der Waals surface area contributed by atoms with Gasteiger partial charge in [-0.15, -0.1) is 0 Å². The Labute approximate surface area is 122 Å². The van der Waals surface area contributed by atoms with Crippen LogP contribution in [-0.2, 0) is 0 Å². The van der Waals surface area contributed by atoms with Crippen molar-refractivity contribution in [3.8, 4) is 0 Å². The number of rotatable bonds is 2. The van der Waals surface area contributed by atoms with Gasteiger partial charge >= 0.3 is 0 Å². The predicted octanol–water partition coefficient (Wildman–Crippen LogP) is 4.43. The van der Waals surface area contributed by atoms with Gasteiger partial charge in [0.05, 0.1) is 5.02 Å². The normalized spacial score (nSPS) is 10.7. The molecule has 20 heavy (non-hydrogen) atoms. The second kappa shape index (κ2) is 5.06. The molecule has 3 aromatic rings. The van der Waals surface area contributed by atoms with Crippen LogP contribution in [0.15, 0.2) is 54.9 Å². The molecule has 2 nitrogen and oxygen atoms in total. The monoisotopic (exact) mass is 281 g/mol. The van der Waals surface area contributed by atoms with E-state index in [1.165, 1.54) is 0 Å². The molecule has 0 bridgehead atoms. The van der Waals surface area contributed by atoms with E-state index in [0.29, 0.717) is 16.1 Å². The first kappa shape index (κ1) is 12.8. The van der Waals surface area contributed by atoms with E-state index in [1.54, 1.807) is 24.5 Å². The van der Waals surface area contributed by atoms with Gasteiger partial charge in [0, 0.05) is 28.9 Å². The third kappa shape index (κ3) is 2.19. The van der Waals surface area contributed by atoms with Gasteiger partial charge in [0.1, 0.15) is 0 Å². The van der Waals surface area contributed by atoms with Gasteiger partial charge in [0.2, 0.25) is 0 Å². The Hall–Kier alpha value is -2.19. The number of benzene rings is 2. The van der Waals surface area contributed by atoms with Crippen molar-refractivity contribution in [2.45, 2.75) is 6.92 Å². The van der Waals surface area contributed by atoms with Crippen molar-refractivity contribution in [3.05, 3.63) is 76.6 Å². The summed E-state index contributed by atoms with van der Waals surface area (Å²) < 4.78 is 0. The summed E-state index contributed by atoms with van der Waals surface area (Å²) in [6.07, 6.45) is 3.43. The van der Waals surface area contributed by atoms with Crippen molar-refractivity contribution in [2.24, 2.45) is 0 Å². The maximum absolute atomic E-state index is 12.7. The lowest BCUT2D eigenvalue weighted by Gasteiger charge is -2.07. The third-order valence-corrected chi connectivity index (χ3v) is 3.61. The summed E-state index contributed by atoms with van der Waals surface area (Å²) in [5.74, 6) is -0.0754. The fourth-order valence-electron chi connectivity index (χ4n) is 2.26. The molecule has 0 aliphatic rings. The number of aryl methyl sites for hydroxylation is 1. The minimum Gasteiger partial charge on any atom is -0.289 e. The highest BCUT2D eigenvalue weighted by molar-refractivity contribution is 6.35. The summed E-state index contributed by atoms with van der Waals surface area (Å²) in [6, 6.07) is 13.0. The summed E-state index contributed by atoms with van der Waals surface area (Å²) in [6.45, 7) is 1.95. The highest BCUT2D eigenvalue weighted by Gasteiger charge is 2.15. The molecule has 0 aliphatic carbocycles. The number of hydrogen-bond donors (Lipinski definition) is 0. The molecule has 0 saturated heterocycles. The van der Waals surface area contributed by atoms with Crippen LogP contribution >= 0.6 is 11.6 Å². The van der Waals surface area contributed by atoms with Crippen LogP contribution in [0.25, 0.3) is 10.8 Å². The molecule has 0 amide bonds. The number of hydrogen-bond acceptors (Lipinski definition) is 2. The third-order valence-electron chi connectivity index (χ3n) is 3.30. The summed E-state index contributed by atoms with van der Waals surface area (Å²) >= 11 is 6.19. The number of fused-ring (bicyclic) bond motifs is 1. The highest BCUT2D eigenvalue weighted by Crippen LogP contribution is 2.25. The molecular formula is C17H12ClNO. The first-order chi connectivity index (χ1) is 9.66. The SMILES string of the molecule is Cc1ccc(C(=O)c2cccc3ccncc23)c(Cl)c1. The minimum atomic E-state index is -0.0754. The second-order valence-electron chi connectivity index (χ2n) is 4.71. The molecule has 0 spiro atoms. The van der Waals surface area contributed by atoms with E-state index in [1.807, 2.05) is 37.3 Å². The zero-order valence-corrected chi connectivity index (χ0v) is 11.7. The van der Waals surface area contributed by atoms with Crippen molar-refractivity contribution >= 4 is 28.2 Å². The summed E-state index contributed by atoms with van der Waals surface area (Å²) in [4.78, 5) is 16.8. The molecule has 3 rings (SSSR count). The second-order valence-corrected chi connectivity index (χ2v) is 5.12. The zero-order chi connectivity index (χ0) is 14.1. The van der Waals surface area contributed by atoms with Crippen molar-refractivity contribution < 1.29 is 4.79 Å². The van der Waals surface area contributed by atoms with Crippen LogP contribution in [0.4, 0.5) is 0 Å². The molecular weight excluding hydrogens is 270 g/mol. The van der Waals surface area contributed by atoms with E-state index < -0.39 is 0 Å². The number of halogens is 1. The van der Waals surface area contributed by atoms with Crippen molar-refractivity contribution in [2.75, 3.05) is 0 Å². The van der Waals surface area contributed by atoms with Crippen LogP contribution in [0.2, 0.25) is 5.02 Å². The molecule has 1 aromatic heterocycles. The molecule has 98 valence electrons. The number of carbonyl (C=O) groups excluding carboxylic acids is 1. The predicted molar refractivity (Wildman–Crippen MR) is 81.4 cm³/mol.